The normalized spacial score (nSPS) is 16.4. The largest absolute Gasteiger partial charge is 0.490 e. The highest BCUT2D eigenvalue weighted by Crippen LogP contribution is 2.09. The van der Waals surface area contributed by atoms with E-state index in [9.17, 15) is 4.79 Å². The van der Waals surface area contributed by atoms with Crippen LogP contribution in [0.25, 0.3) is 0 Å². The Balaban J connectivity index is 1.73. The molecular formula is C17H28N6O2. The lowest BCUT2D eigenvalue weighted by Crippen LogP contribution is -2.49. The van der Waals surface area contributed by atoms with E-state index < -0.39 is 0 Å². The minimum Gasteiger partial charge on any atom is -0.490 e. The Morgan fingerprint density at radius 2 is 2.28 bits per heavy atom. The molecule has 0 atom stereocenters. The first-order chi connectivity index (χ1) is 12.2. The zero-order valence-corrected chi connectivity index (χ0v) is 14.8. The van der Waals surface area contributed by atoms with E-state index in [-0.39, 0.29) is 5.91 Å². The Kier molecular flexibility index (Phi) is 7.97. The number of rotatable bonds is 8. The maximum absolute atomic E-state index is 11.0. The number of carbonyl (C=O) groups excluding carboxylic acids is 1. The van der Waals surface area contributed by atoms with E-state index in [1.165, 1.54) is 0 Å². The summed E-state index contributed by atoms with van der Waals surface area (Å²) in [7, 11) is 0. The molecule has 1 fully saturated rings. The summed E-state index contributed by atoms with van der Waals surface area (Å²) in [6.07, 6.45) is 5.33. The molecule has 0 aromatic carbocycles. The Morgan fingerprint density at radius 3 is 2.92 bits per heavy atom. The van der Waals surface area contributed by atoms with Gasteiger partial charge in [-0.15, -0.1) is 0 Å². The summed E-state index contributed by atoms with van der Waals surface area (Å²) in [5.41, 5.74) is 5.25. The molecule has 0 spiro atoms. The van der Waals surface area contributed by atoms with Gasteiger partial charge in [0.25, 0.3) is 0 Å². The Hall–Kier alpha value is -2.35. The molecule has 2 rings (SSSR count). The first-order valence-corrected chi connectivity index (χ1v) is 8.75. The molecule has 1 aromatic rings. The lowest BCUT2D eigenvalue weighted by Gasteiger charge is -2.32. The van der Waals surface area contributed by atoms with Crippen molar-refractivity contribution in [1.82, 2.24) is 20.5 Å². The number of pyridine rings is 1. The number of nitrogens with zero attached hydrogens (tertiary/aromatic N) is 3. The van der Waals surface area contributed by atoms with Crippen LogP contribution in [0.3, 0.4) is 0 Å². The number of hydrogen-bond donors (Lipinski definition) is 3. The summed E-state index contributed by atoms with van der Waals surface area (Å²) >= 11 is 0. The van der Waals surface area contributed by atoms with Crippen LogP contribution in [0.1, 0.15) is 19.8 Å². The minimum atomic E-state index is -0.269. The fraction of sp³-hybridized carbons (Fsp3) is 0.588. The van der Waals surface area contributed by atoms with E-state index in [1.807, 2.05) is 19.1 Å². The number of aromatic nitrogens is 1. The molecule has 2 heterocycles. The number of amides is 1. The molecule has 1 aliphatic heterocycles. The van der Waals surface area contributed by atoms with Crippen LogP contribution in [0, 0.1) is 0 Å². The van der Waals surface area contributed by atoms with Crippen molar-refractivity contribution in [3.05, 3.63) is 24.5 Å². The SMILES string of the molecule is CCNC(=NCCOc1cccnc1)NC1CCN(CC(N)=O)CC1. The molecule has 0 unspecified atom stereocenters. The molecule has 1 saturated heterocycles. The van der Waals surface area contributed by atoms with E-state index >= 15 is 0 Å². The zero-order valence-electron chi connectivity index (χ0n) is 14.8. The molecule has 0 bridgehead atoms. The lowest BCUT2D eigenvalue weighted by atomic mass is 10.1. The third-order valence-electron chi connectivity index (χ3n) is 3.92. The first kappa shape index (κ1) is 19.0. The zero-order chi connectivity index (χ0) is 17.9. The Labute approximate surface area is 148 Å². The number of aliphatic imine (C=N–C) groups is 1. The Morgan fingerprint density at radius 1 is 1.48 bits per heavy atom. The predicted molar refractivity (Wildman–Crippen MR) is 97.5 cm³/mol. The average molecular weight is 348 g/mol. The van der Waals surface area contributed by atoms with Gasteiger partial charge >= 0.3 is 0 Å². The smallest absolute Gasteiger partial charge is 0.231 e. The highest BCUT2D eigenvalue weighted by Gasteiger charge is 2.20. The molecule has 138 valence electrons. The first-order valence-electron chi connectivity index (χ1n) is 8.75. The van der Waals surface area contributed by atoms with Gasteiger partial charge in [-0.1, -0.05) is 0 Å². The van der Waals surface area contributed by atoms with Crippen LogP contribution in [0.4, 0.5) is 0 Å². The number of primary amides is 1. The third-order valence-corrected chi connectivity index (χ3v) is 3.92. The number of carbonyl (C=O) groups is 1. The standard InChI is InChI=1S/C17H28N6O2/c1-2-20-17(21-8-11-25-15-4-3-7-19-12-15)22-14-5-9-23(10-6-14)13-16(18)24/h3-4,7,12,14H,2,5-6,8-11,13H2,1H3,(H2,18,24)(H2,20,21,22). The van der Waals surface area contributed by atoms with Gasteiger partial charge in [-0.3, -0.25) is 14.7 Å². The van der Waals surface area contributed by atoms with Crippen molar-refractivity contribution in [3.63, 3.8) is 0 Å². The van der Waals surface area contributed by atoms with Gasteiger partial charge in [0.2, 0.25) is 5.91 Å². The van der Waals surface area contributed by atoms with Gasteiger partial charge in [-0.05, 0) is 31.9 Å². The lowest BCUT2D eigenvalue weighted by molar-refractivity contribution is -0.119. The van der Waals surface area contributed by atoms with Gasteiger partial charge in [0.15, 0.2) is 5.96 Å². The van der Waals surface area contributed by atoms with E-state index in [2.05, 4.69) is 25.5 Å². The topological polar surface area (TPSA) is 105 Å². The second-order valence-electron chi connectivity index (χ2n) is 5.96. The van der Waals surface area contributed by atoms with Gasteiger partial charge in [-0.2, -0.15) is 0 Å². The number of ether oxygens (including phenoxy) is 1. The van der Waals surface area contributed by atoms with Crippen LogP contribution in [0.5, 0.6) is 5.75 Å². The molecule has 0 saturated carbocycles. The maximum atomic E-state index is 11.0. The van der Waals surface area contributed by atoms with Gasteiger partial charge in [-0.25, -0.2) is 4.99 Å². The number of nitrogens with two attached hydrogens (primary N) is 1. The van der Waals surface area contributed by atoms with Crippen LogP contribution in [0.15, 0.2) is 29.5 Å². The average Bonchev–Trinajstić information content (AvgIpc) is 2.61. The van der Waals surface area contributed by atoms with E-state index in [1.54, 1.807) is 12.4 Å². The summed E-state index contributed by atoms with van der Waals surface area (Å²) in [6.45, 7) is 5.97. The molecule has 8 nitrogen and oxygen atoms in total. The molecule has 25 heavy (non-hydrogen) atoms. The molecule has 1 aliphatic rings. The van der Waals surface area contributed by atoms with E-state index in [4.69, 9.17) is 10.5 Å². The summed E-state index contributed by atoms with van der Waals surface area (Å²) < 4.78 is 5.60. The highest BCUT2D eigenvalue weighted by atomic mass is 16.5. The monoisotopic (exact) mass is 348 g/mol. The van der Waals surface area contributed by atoms with Gasteiger partial charge in [0.1, 0.15) is 12.4 Å². The van der Waals surface area contributed by atoms with Crippen LogP contribution < -0.4 is 21.1 Å². The van der Waals surface area contributed by atoms with Gasteiger partial charge in [0, 0.05) is 31.9 Å². The molecule has 1 amide bonds. The molecule has 4 N–H and O–H groups in total. The fourth-order valence-corrected chi connectivity index (χ4v) is 2.72. The van der Waals surface area contributed by atoms with Crippen molar-refractivity contribution in [3.8, 4) is 5.75 Å². The maximum Gasteiger partial charge on any atom is 0.231 e. The summed E-state index contributed by atoms with van der Waals surface area (Å²) in [5, 5.41) is 6.71. The fourth-order valence-electron chi connectivity index (χ4n) is 2.72. The number of hydrogen-bond acceptors (Lipinski definition) is 5. The summed E-state index contributed by atoms with van der Waals surface area (Å²) in [4.78, 5) is 21.6. The number of likely N-dealkylation sites (tertiary alicyclic amines) is 1. The molecule has 0 aliphatic carbocycles. The minimum absolute atomic E-state index is 0.269. The molecule has 1 aromatic heterocycles. The van der Waals surface area contributed by atoms with Crippen LogP contribution in [0.2, 0.25) is 0 Å². The Bertz CT molecular complexity index is 543. The van der Waals surface area contributed by atoms with Crippen molar-refractivity contribution in [1.29, 1.82) is 0 Å². The summed E-state index contributed by atoms with van der Waals surface area (Å²) in [6, 6.07) is 4.07. The summed E-state index contributed by atoms with van der Waals surface area (Å²) in [5.74, 6) is 1.28. The molecule has 0 radical (unpaired) electrons. The van der Waals surface area contributed by atoms with Gasteiger partial charge < -0.3 is 21.1 Å². The van der Waals surface area contributed by atoms with Crippen molar-refractivity contribution >= 4 is 11.9 Å². The van der Waals surface area contributed by atoms with E-state index in [0.717, 1.165) is 44.2 Å². The quantitative estimate of drug-likeness (QED) is 0.346. The van der Waals surface area contributed by atoms with Crippen LogP contribution in [-0.4, -0.2) is 67.1 Å². The van der Waals surface area contributed by atoms with Gasteiger partial charge in [0.05, 0.1) is 19.3 Å². The number of guanidine groups is 1. The third kappa shape index (κ3) is 7.38. The predicted octanol–water partition coefficient (Wildman–Crippen LogP) is -0.0348. The van der Waals surface area contributed by atoms with Crippen LogP contribution in [-0.2, 0) is 4.79 Å². The second kappa shape index (κ2) is 10.5. The number of nitrogens with one attached hydrogen (secondary N) is 2. The second-order valence-corrected chi connectivity index (χ2v) is 5.96. The highest BCUT2D eigenvalue weighted by molar-refractivity contribution is 5.80. The van der Waals surface area contributed by atoms with Crippen LogP contribution >= 0.6 is 0 Å². The van der Waals surface area contributed by atoms with Crippen molar-refractivity contribution < 1.29 is 9.53 Å². The molecule has 8 heteroatoms. The van der Waals surface area contributed by atoms with E-state index in [0.29, 0.717) is 25.7 Å². The number of piperidine rings is 1. The molecular weight excluding hydrogens is 320 g/mol. The van der Waals surface area contributed by atoms with Crippen molar-refractivity contribution in [2.45, 2.75) is 25.8 Å². The van der Waals surface area contributed by atoms with Crippen molar-refractivity contribution in [2.75, 3.05) is 39.3 Å². The van der Waals surface area contributed by atoms with Crippen molar-refractivity contribution in [2.24, 2.45) is 10.7 Å².